The first kappa shape index (κ1) is 21.6. The van der Waals surface area contributed by atoms with E-state index in [2.05, 4.69) is 0 Å². The average molecular weight is 386 g/mol. The maximum Gasteiger partial charge on any atom is 0.161 e. The summed E-state index contributed by atoms with van der Waals surface area (Å²) in [5, 5.41) is 0. The predicted molar refractivity (Wildman–Crippen MR) is 110 cm³/mol. The number of Topliss-reactive ketones (excluding diaryl/α,β-unsaturated/α-hetero) is 1. The fraction of sp³-hybridized carbons (Fsp3) is 0.435. The minimum absolute atomic E-state index is 0.0828. The lowest BCUT2D eigenvalue weighted by molar-refractivity contribution is -0.128. The SMILES string of the molecule is COc1ccc(C(C)(C)C(=O)C(C)(C)c2ccc(OC)c(OC)c2)cc1OC. The van der Waals surface area contributed by atoms with Crippen LogP contribution in [0.1, 0.15) is 38.8 Å². The zero-order chi connectivity index (χ0) is 21.1. The maximum atomic E-state index is 13.7. The first-order chi connectivity index (χ1) is 13.1. The quantitative estimate of drug-likeness (QED) is 0.666. The number of hydrogen-bond donors (Lipinski definition) is 0. The minimum Gasteiger partial charge on any atom is -0.493 e. The van der Waals surface area contributed by atoms with Gasteiger partial charge in [0.1, 0.15) is 0 Å². The molecule has 5 nitrogen and oxygen atoms in total. The van der Waals surface area contributed by atoms with E-state index in [0.29, 0.717) is 23.0 Å². The molecule has 2 rings (SSSR count). The molecule has 5 heteroatoms. The summed E-state index contributed by atoms with van der Waals surface area (Å²) in [5.41, 5.74) is 0.249. The van der Waals surface area contributed by atoms with Gasteiger partial charge in [-0.2, -0.15) is 0 Å². The summed E-state index contributed by atoms with van der Waals surface area (Å²) in [6.07, 6.45) is 0. The van der Waals surface area contributed by atoms with Crippen molar-refractivity contribution in [2.75, 3.05) is 28.4 Å². The van der Waals surface area contributed by atoms with Crippen molar-refractivity contribution < 1.29 is 23.7 Å². The number of ether oxygens (including phenoxy) is 4. The first-order valence-electron chi connectivity index (χ1n) is 9.13. The third-order valence-corrected chi connectivity index (χ3v) is 5.35. The van der Waals surface area contributed by atoms with Gasteiger partial charge in [-0.25, -0.2) is 0 Å². The molecule has 0 spiro atoms. The molecular formula is C23H30O5. The van der Waals surface area contributed by atoms with E-state index in [1.165, 1.54) is 0 Å². The second kappa shape index (κ2) is 8.13. The van der Waals surface area contributed by atoms with Gasteiger partial charge in [0.2, 0.25) is 0 Å². The lowest BCUT2D eigenvalue weighted by atomic mass is 9.67. The number of hydrogen-bond acceptors (Lipinski definition) is 5. The summed E-state index contributed by atoms with van der Waals surface area (Å²) >= 11 is 0. The summed E-state index contributed by atoms with van der Waals surface area (Å²) in [4.78, 5) is 13.7. The van der Waals surface area contributed by atoms with Gasteiger partial charge in [-0.3, -0.25) is 4.79 Å². The number of carbonyl (C=O) groups excluding carboxylic acids is 1. The first-order valence-corrected chi connectivity index (χ1v) is 9.13. The zero-order valence-electron chi connectivity index (χ0n) is 18.0. The lowest BCUT2D eigenvalue weighted by Crippen LogP contribution is -2.42. The molecule has 0 N–H and O–H groups in total. The normalized spacial score (nSPS) is 11.7. The van der Waals surface area contributed by atoms with Crippen molar-refractivity contribution in [3.05, 3.63) is 47.5 Å². The van der Waals surface area contributed by atoms with Crippen LogP contribution in [-0.2, 0) is 15.6 Å². The van der Waals surface area contributed by atoms with Crippen LogP contribution in [0.15, 0.2) is 36.4 Å². The van der Waals surface area contributed by atoms with Gasteiger partial charge in [-0.15, -0.1) is 0 Å². The van der Waals surface area contributed by atoms with Crippen molar-refractivity contribution in [2.45, 2.75) is 38.5 Å². The van der Waals surface area contributed by atoms with Crippen LogP contribution in [0, 0.1) is 0 Å². The van der Waals surface area contributed by atoms with Crippen LogP contribution in [-0.4, -0.2) is 34.2 Å². The Morgan fingerprint density at radius 3 is 1.21 bits per heavy atom. The molecule has 2 aromatic rings. The molecule has 0 bridgehead atoms. The zero-order valence-corrected chi connectivity index (χ0v) is 18.0. The number of carbonyl (C=O) groups is 1. The third kappa shape index (κ3) is 3.79. The van der Waals surface area contributed by atoms with Gasteiger partial charge in [0.15, 0.2) is 28.8 Å². The highest BCUT2D eigenvalue weighted by Gasteiger charge is 2.41. The third-order valence-electron chi connectivity index (χ3n) is 5.35. The van der Waals surface area contributed by atoms with Crippen LogP contribution in [0.4, 0.5) is 0 Å². The monoisotopic (exact) mass is 386 g/mol. The molecule has 0 aliphatic rings. The minimum atomic E-state index is -0.740. The van der Waals surface area contributed by atoms with E-state index in [0.717, 1.165) is 11.1 Å². The van der Waals surface area contributed by atoms with Crippen LogP contribution in [0.2, 0.25) is 0 Å². The molecule has 0 saturated heterocycles. The molecule has 152 valence electrons. The molecule has 0 atom stereocenters. The van der Waals surface area contributed by atoms with Gasteiger partial charge >= 0.3 is 0 Å². The molecule has 28 heavy (non-hydrogen) atoms. The van der Waals surface area contributed by atoms with E-state index >= 15 is 0 Å². The topological polar surface area (TPSA) is 54.0 Å². The largest absolute Gasteiger partial charge is 0.493 e. The molecule has 0 saturated carbocycles. The second-order valence-electron chi connectivity index (χ2n) is 7.72. The lowest BCUT2D eigenvalue weighted by Gasteiger charge is -2.34. The highest BCUT2D eigenvalue weighted by atomic mass is 16.5. The molecule has 0 unspecified atom stereocenters. The van der Waals surface area contributed by atoms with Crippen LogP contribution in [0.3, 0.4) is 0 Å². The molecule has 0 heterocycles. The summed E-state index contributed by atoms with van der Waals surface area (Å²) < 4.78 is 21.4. The van der Waals surface area contributed by atoms with E-state index in [9.17, 15) is 4.79 Å². The Hall–Kier alpha value is -2.69. The number of ketones is 1. The van der Waals surface area contributed by atoms with Crippen molar-refractivity contribution in [2.24, 2.45) is 0 Å². The van der Waals surface area contributed by atoms with Crippen LogP contribution < -0.4 is 18.9 Å². The van der Waals surface area contributed by atoms with Gasteiger partial charge < -0.3 is 18.9 Å². The van der Waals surface area contributed by atoms with E-state index in [-0.39, 0.29) is 5.78 Å². The molecule has 0 aromatic heterocycles. The van der Waals surface area contributed by atoms with E-state index in [4.69, 9.17) is 18.9 Å². The Balaban J connectivity index is 2.47. The highest BCUT2D eigenvalue weighted by Crippen LogP contribution is 2.40. The van der Waals surface area contributed by atoms with Gasteiger partial charge in [0, 0.05) is 10.8 Å². The van der Waals surface area contributed by atoms with E-state index in [1.807, 2.05) is 64.1 Å². The van der Waals surface area contributed by atoms with Crippen molar-refractivity contribution in [1.29, 1.82) is 0 Å². The molecular weight excluding hydrogens is 356 g/mol. The average Bonchev–Trinajstić information content (AvgIpc) is 2.71. The number of rotatable bonds is 8. The fourth-order valence-electron chi connectivity index (χ4n) is 3.49. The summed E-state index contributed by atoms with van der Waals surface area (Å²) in [5.74, 6) is 2.55. The van der Waals surface area contributed by atoms with Gasteiger partial charge in [-0.1, -0.05) is 12.1 Å². The predicted octanol–water partition coefficient (Wildman–Crippen LogP) is 4.55. The van der Waals surface area contributed by atoms with Crippen LogP contribution >= 0.6 is 0 Å². The highest BCUT2D eigenvalue weighted by molar-refractivity contribution is 5.98. The Kier molecular flexibility index (Phi) is 6.27. The molecule has 0 aliphatic carbocycles. The van der Waals surface area contributed by atoms with Crippen LogP contribution in [0.25, 0.3) is 0 Å². The number of methoxy groups -OCH3 is 4. The molecule has 0 radical (unpaired) electrons. The number of benzene rings is 2. The van der Waals surface area contributed by atoms with E-state index in [1.54, 1.807) is 28.4 Å². The van der Waals surface area contributed by atoms with Gasteiger partial charge in [-0.05, 0) is 63.1 Å². The fourth-order valence-corrected chi connectivity index (χ4v) is 3.49. The Bertz CT molecular complexity index is 783. The molecule has 0 amide bonds. The molecule has 0 aliphatic heterocycles. The Morgan fingerprint density at radius 2 is 0.929 bits per heavy atom. The van der Waals surface area contributed by atoms with Gasteiger partial charge in [0.05, 0.1) is 28.4 Å². The Morgan fingerprint density at radius 1 is 0.607 bits per heavy atom. The Labute approximate surface area is 167 Å². The van der Waals surface area contributed by atoms with Gasteiger partial charge in [0.25, 0.3) is 0 Å². The smallest absolute Gasteiger partial charge is 0.161 e. The van der Waals surface area contributed by atoms with Crippen molar-refractivity contribution in [3.63, 3.8) is 0 Å². The second-order valence-corrected chi connectivity index (χ2v) is 7.72. The molecule has 2 aromatic carbocycles. The summed E-state index contributed by atoms with van der Waals surface area (Å²) in [6, 6.07) is 11.2. The van der Waals surface area contributed by atoms with Crippen molar-refractivity contribution >= 4 is 5.78 Å². The van der Waals surface area contributed by atoms with Crippen molar-refractivity contribution in [1.82, 2.24) is 0 Å². The maximum absolute atomic E-state index is 13.7. The standard InChI is InChI=1S/C23H30O5/c1-22(2,15-9-11-17(25-5)19(13-15)27-7)21(24)23(3,4)16-10-12-18(26-6)20(14-16)28-8/h9-14H,1-8H3. The molecule has 0 fully saturated rings. The summed E-state index contributed by atoms with van der Waals surface area (Å²) in [7, 11) is 6.36. The van der Waals surface area contributed by atoms with E-state index < -0.39 is 10.8 Å². The summed E-state index contributed by atoms with van der Waals surface area (Å²) in [6.45, 7) is 7.72. The van der Waals surface area contributed by atoms with Crippen LogP contribution in [0.5, 0.6) is 23.0 Å². The van der Waals surface area contributed by atoms with Crippen molar-refractivity contribution in [3.8, 4) is 23.0 Å².